The SMILES string of the molecule is COCC(C(=O)OC)[N+](=O)[O-]. The van der Waals surface area contributed by atoms with Gasteiger partial charge in [0.2, 0.25) is 0 Å². The van der Waals surface area contributed by atoms with E-state index in [1.54, 1.807) is 0 Å². The van der Waals surface area contributed by atoms with Gasteiger partial charge >= 0.3 is 12.0 Å². The number of methoxy groups -OCH3 is 2. The molecule has 0 spiro atoms. The van der Waals surface area contributed by atoms with Gasteiger partial charge in [-0.15, -0.1) is 0 Å². The van der Waals surface area contributed by atoms with Crippen LogP contribution in [-0.4, -0.2) is 37.8 Å². The average Bonchev–Trinajstić information content (AvgIpc) is 1.98. The van der Waals surface area contributed by atoms with Crippen LogP contribution in [0.25, 0.3) is 0 Å². The van der Waals surface area contributed by atoms with Gasteiger partial charge in [0.1, 0.15) is 6.61 Å². The lowest BCUT2D eigenvalue weighted by Gasteiger charge is -2.04. The Labute approximate surface area is 63.2 Å². The number of hydrogen-bond donors (Lipinski definition) is 0. The Hall–Kier alpha value is -1.17. The van der Waals surface area contributed by atoms with E-state index in [0.717, 1.165) is 7.11 Å². The molecule has 0 aromatic rings. The Balaban J connectivity index is 4.09. The zero-order valence-electron chi connectivity index (χ0n) is 6.27. The summed E-state index contributed by atoms with van der Waals surface area (Å²) in [6.07, 6.45) is 0. The van der Waals surface area contributed by atoms with E-state index in [9.17, 15) is 14.9 Å². The maximum atomic E-state index is 10.6. The molecule has 0 heterocycles. The van der Waals surface area contributed by atoms with Gasteiger partial charge in [0, 0.05) is 12.0 Å². The van der Waals surface area contributed by atoms with E-state index in [4.69, 9.17) is 0 Å². The van der Waals surface area contributed by atoms with Crippen molar-refractivity contribution < 1.29 is 19.2 Å². The van der Waals surface area contributed by atoms with Crippen LogP contribution in [0.1, 0.15) is 0 Å². The normalized spacial score (nSPS) is 12.2. The molecule has 0 radical (unpaired) electrons. The molecule has 0 fully saturated rings. The first-order valence-corrected chi connectivity index (χ1v) is 2.83. The number of esters is 1. The second-order valence-corrected chi connectivity index (χ2v) is 1.78. The number of ether oxygens (including phenoxy) is 2. The molecular formula is C5H9NO5. The third kappa shape index (κ3) is 2.94. The van der Waals surface area contributed by atoms with Gasteiger partial charge in [-0.2, -0.15) is 0 Å². The first kappa shape index (κ1) is 9.83. The molecule has 1 atom stereocenters. The molecule has 0 aliphatic heterocycles. The lowest BCUT2D eigenvalue weighted by atomic mass is 10.3. The maximum Gasteiger partial charge on any atom is 0.383 e. The molecule has 0 rings (SSSR count). The first-order valence-electron chi connectivity index (χ1n) is 2.83. The number of carbonyl (C=O) groups excluding carboxylic acids is 1. The van der Waals surface area contributed by atoms with Crippen LogP contribution < -0.4 is 0 Å². The molecule has 0 aliphatic rings. The predicted octanol–water partition coefficient (Wildman–Crippen LogP) is -0.549. The molecule has 0 N–H and O–H groups in total. The number of nitrogens with zero attached hydrogens (tertiary/aromatic N) is 1. The van der Waals surface area contributed by atoms with Gasteiger partial charge < -0.3 is 9.47 Å². The van der Waals surface area contributed by atoms with Crippen LogP contribution in [0.4, 0.5) is 0 Å². The molecule has 0 aromatic heterocycles. The molecule has 1 unspecified atom stereocenters. The summed E-state index contributed by atoms with van der Waals surface area (Å²) in [4.78, 5) is 20.0. The van der Waals surface area contributed by atoms with Gasteiger partial charge in [0.05, 0.1) is 7.11 Å². The zero-order chi connectivity index (χ0) is 8.85. The minimum absolute atomic E-state index is 0.264. The lowest BCUT2D eigenvalue weighted by molar-refractivity contribution is -0.513. The summed E-state index contributed by atoms with van der Waals surface area (Å²) in [6.45, 7) is -0.264. The zero-order valence-corrected chi connectivity index (χ0v) is 6.27. The summed E-state index contributed by atoms with van der Waals surface area (Å²) in [5, 5.41) is 10.1. The van der Waals surface area contributed by atoms with Crippen molar-refractivity contribution in [2.75, 3.05) is 20.8 Å². The van der Waals surface area contributed by atoms with Crippen molar-refractivity contribution in [3.05, 3.63) is 10.1 Å². The van der Waals surface area contributed by atoms with E-state index in [-0.39, 0.29) is 6.61 Å². The fourth-order valence-electron chi connectivity index (χ4n) is 0.509. The molecule has 6 nitrogen and oxygen atoms in total. The van der Waals surface area contributed by atoms with Crippen molar-refractivity contribution in [1.82, 2.24) is 0 Å². The molecule has 0 saturated heterocycles. The highest BCUT2D eigenvalue weighted by Gasteiger charge is 2.30. The largest absolute Gasteiger partial charge is 0.464 e. The van der Waals surface area contributed by atoms with Gasteiger partial charge in [0.25, 0.3) is 0 Å². The van der Waals surface area contributed by atoms with Gasteiger partial charge in [0.15, 0.2) is 0 Å². The van der Waals surface area contributed by atoms with Crippen molar-refractivity contribution in [3.63, 3.8) is 0 Å². The average molecular weight is 163 g/mol. The van der Waals surface area contributed by atoms with Crippen LogP contribution in [0.2, 0.25) is 0 Å². The Morgan fingerprint density at radius 3 is 2.45 bits per heavy atom. The minimum atomic E-state index is -1.41. The van der Waals surface area contributed by atoms with E-state index in [1.807, 2.05) is 0 Å². The maximum absolute atomic E-state index is 10.6. The second kappa shape index (κ2) is 4.62. The number of hydrogen-bond acceptors (Lipinski definition) is 5. The quantitative estimate of drug-likeness (QED) is 0.315. The molecule has 0 aromatic carbocycles. The summed E-state index contributed by atoms with van der Waals surface area (Å²) in [5.74, 6) is -0.892. The Bertz CT molecular complexity index is 157. The molecule has 6 heteroatoms. The van der Waals surface area contributed by atoms with Gasteiger partial charge in [-0.1, -0.05) is 0 Å². The Kier molecular flexibility index (Phi) is 4.12. The van der Waals surface area contributed by atoms with Crippen LogP contribution >= 0.6 is 0 Å². The van der Waals surface area contributed by atoms with E-state index >= 15 is 0 Å². The summed E-state index contributed by atoms with van der Waals surface area (Å²) < 4.78 is 8.61. The van der Waals surface area contributed by atoms with E-state index < -0.39 is 16.9 Å². The second-order valence-electron chi connectivity index (χ2n) is 1.78. The summed E-state index contributed by atoms with van der Waals surface area (Å²) in [6, 6.07) is -1.41. The monoisotopic (exact) mass is 163 g/mol. The topological polar surface area (TPSA) is 78.7 Å². The third-order valence-corrected chi connectivity index (χ3v) is 1.05. The van der Waals surface area contributed by atoms with Crippen LogP contribution in [0.3, 0.4) is 0 Å². The van der Waals surface area contributed by atoms with Crippen molar-refractivity contribution in [1.29, 1.82) is 0 Å². The highest BCUT2D eigenvalue weighted by atomic mass is 16.6. The molecule has 0 bridgehead atoms. The molecule has 0 aliphatic carbocycles. The van der Waals surface area contributed by atoms with Crippen molar-refractivity contribution >= 4 is 5.97 Å². The van der Waals surface area contributed by atoms with E-state index in [1.165, 1.54) is 7.11 Å². The fraction of sp³-hybridized carbons (Fsp3) is 0.800. The molecule has 64 valence electrons. The van der Waals surface area contributed by atoms with Crippen LogP contribution in [0.5, 0.6) is 0 Å². The Morgan fingerprint density at radius 1 is 1.64 bits per heavy atom. The van der Waals surface area contributed by atoms with Crippen molar-refractivity contribution in [2.24, 2.45) is 0 Å². The van der Waals surface area contributed by atoms with Gasteiger partial charge in [-0.25, -0.2) is 4.79 Å². The highest BCUT2D eigenvalue weighted by molar-refractivity contribution is 5.74. The first-order chi connectivity index (χ1) is 5.13. The van der Waals surface area contributed by atoms with Crippen LogP contribution in [0, 0.1) is 10.1 Å². The minimum Gasteiger partial charge on any atom is -0.464 e. The third-order valence-electron chi connectivity index (χ3n) is 1.05. The standard InChI is InChI=1S/C5H9NO5/c1-10-3-4(6(8)9)5(7)11-2/h4H,3H2,1-2H3. The van der Waals surface area contributed by atoms with Crippen molar-refractivity contribution in [2.45, 2.75) is 6.04 Å². The Morgan fingerprint density at radius 2 is 2.18 bits per heavy atom. The molecule has 11 heavy (non-hydrogen) atoms. The van der Waals surface area contributed by atoms with Gasteiger partial charge in [-0.3, -0.25) is 10.1 Å². The number of rotatable bonds is 4. The van der Waals surface area contributed by atoms with Crippen LogP contribution in [0.15, 0.2) is 0 Å². The molecular weight excluding hydrogens is 154 g/mol. The van der Waals surface area contributed by atoms with Crippen molar-refractivity contribution in [3.8, 4) is 0 Å². The van der Waals surface area contributed by atoms with E-state index in [2.05, 4.69) is 9.47 Å². The number of carbonyl (C=O) groups is 1. The summed E-state index contributed by atoms with van der Waals surface area (Å²) >= 11 is 0. The summed E-state index contributed by atoms with van der Waals surface area (Å²) in [7, 11) is 2.37. The molecule has 0 saturated carbocycles. The fourth-order valence-corrected chi connectivity index (χ4v) is 0.509. The molecule has 0 amide bonds. The predicted molar refractivity (Wildman–Crippen MR) is 34.7 cm³/mol. The summed E-state index contributed by atoms with van der Waals surface area (Å²) in [5.41, 5.74) is 0. The smallest absolute Gasteiger partial charge is 0.383 e. The van der Waals surface area contributed by atoms with E-state index in [0.29, 0.717) is 0 Å². The lowest BCUT2D eigenvalue weighted by Crippen LogP contribution is -2.34. The van der Waals surface area contributed by atoms with Crippen LogP contribution in [-0.2, 0) is 14.3 Å². The number of nitro groups is 1. The highest BCUT2D eigenvalue weighted by Crippen LogP contribution is 1.93. The van der Waals surface area contributed by atoms with Gasteiger partial charge in [-0.05, 0) is 0 Å².